The van der Waals surface area contributed by atoms with Crippen molar-refractivity contribution in [3.8, 4) is 0 Å². The van der Waals surface area contributed by atoms with Gasteiger partial charge in [-0.05, 0) is 43.2 Å². The number of carbonyl (C=O) groups is 3. The molecule has 2 amide bonds. The molecule has 1 aliphatic rings. The number of anilines is 1. The second-order valence-electron chi connectivity index (χ2n) is 6.04. The summed E-state index contributed by atoms with van der Waals surface area (Å²) in [5.74, 6) is -1.60. The van der Waals surface area contributed by atoms with Crippen LogP contribution in [0.1, 0.15) is 33.6 Å². The highest BCUT2D eigenvalue weighted by Gasteiger charge is 2.25. The van der Waals surface area contributed by atoms with E-state index >= 15 is 0 Å². The van der Waals surface area contributed by atoms with Gasteiger partial charge in [0.1, 0.15) is 0 Å². The number of halogens is 2. The minimum atomic E-state index is -0.766. The number of rotatable bonds is 6. The molecule has 2 aromatic carbocycles. The number of ether oxygens (including phenoxy) is 1. The van der Waals surface area contributed by atoms with Gasteiger partial charge in [0.05, 0.1) is 21.8 Å². The second-order valence-corrected chi connectivity index (χ2v) is 6.89. The van der Waals surface area contributed by atoms with Gasteiger partial charge in [-0.15, -0.1) is 0 Å². The quantitative estimate of drug-likeness (QED) is 0.716. The fraction of sp³-hybridized carbons (Fsp3) is 0.211. The van der Waals surface area contributed by atoms with Crippen LogP contribution in [0.5, 0.6) is 0 Å². The Morgan fingerprint density at radius 3 is 2.52 bits per heavy atom. The summed E-state index contributed by atoms with van der Waals surface area (Å²) in [7, 11) is 0. The van der Waals surface area contributed by atoms with Crippen LogP contribution in [0.3, 0.4) is 0 Å². The molecule has 2 aromatic rings. The molecule has 1 aliphatic carbocycles. The highest BCUT2D eigenvalue weighted by Crippen LogP contribution is 2.22. The number of benzene rings is 2. The molecule has 0 spiro atoms. The van der Waals surface area contributed by atoms with Crippen molar-refractivity contribution in [1.82, 2.24) is 5.32 Å². The Morgan fingerprint density at radius 2 is 1.78 bits per heavy atom. The lowest BCUT2D eigenvalue weighted by atomic mass is 10.1. The predicted octanol–water partition coefficient (Wildman–Crippen LogP) is 3.68. The van der Waals surface area contributed by atoms with Crippen LogP contribution in [0.4, 0.5) is 5.69 Å². The van der Waals surface area contributed by atoms with Gasteiger partial charge in [0.2, 0.25) is 0 Å². The molecule has 0 unspecified atom stereocenters. The van der Waals surface area contributed by atoms with Crippen molar-refractivity contribution in [2.75, 3.05) is 11.9 Å². The van der Waals surface area contributed by atoms with Crippen LogP contribution < -0.4 is 10.6 Å². The SMILES string of the molecule is O=C(COC(=O)c1cc(Cl)ccc1Cl)Nc1ccccc1C(=O)NC1CC1. The van der Waals surface area contributed by atoms with Gasteiger partial charge < -0.3 is 15.4 Å². The first-order valence-electron chi connectivity index (χ1n) is 8.26. The topological polar surface area (TPSA) is 84.5 Å². The van der Waals surface area contributed by atoms with Crippen molar-refractivity contribution in [3.63, 3.8) is 0 Å². The molecule has 1 saturated carbocycles. The van der Waals surface area contributed by atoms with Crippen molar-refractivity contribution in [3.05, 3.63) is 63.6 Å². The van der Waals surface area contributed by atoms with Crippen molar-refractivity contribution in [2.24, 2.45) is 0 Å². The van der Waals surface area contributed by atoms with E-state index in [0.29, 0.717) is 16.3 Å². The van der Waals surface area contributed by atoms with Crippen LogP contribution in [0, 0.1) is 0 Å². The smallest absolute Gasteiger partial charge is 0.340 e. The van der Waals surface area contributed by atoms with Gasteiger partial charge in [0.15, 0.2) is 6.61 Å². The van der Waals surface area contributed by atoms with E-state index in [2.05, 4.69) is 10.6 Å². The second kappa shape index (κ2) is 8.41. The molecule has 8 heteroatoms. The summed E-state index contributed by atoms with van der Waals surface area (Å²) in [6.45, 7) is -0.528. The first kappa shape index (κ1) is 19.2. The third-order valence-electron chi connectivity index (χ3n) is 3.84. The number of nitrogens with one attached hydrogen (secondary N) is 2. The molecule has 27 heavy (non-hydrogen) atoms. The average molecular weight is 407 g/mol. The monoisotopic (exact) mass is 406 g/mol. The summed E-state index contributed by atoms with van der Waals surface area (Å²) >= 11 is 11.8. The highest BCUT2D eigenvalue weighted by atomic mass is 35.5. The van der Waals surface area contributed by atoms with Crippen LogP contribution in [0.25, 0.3) is 0 Å². The van der Waals surface area contributed by atoms with Gasteiger partial charge in [-0.3, -0.25) is 9.59 Å². The molecule has 0 heterocycles. The maximum atomic E-state index is 12.2. The summed E-state index contributed by atoms with van der Waals surface area (Å²) in [6, 6.07) is 11.2. The van der Waals surface area contributed by atoms with Crippen LogP contribution in [0.2, 0.25) is 10.0 Å². The third-order valence-corrected chi connectivity index (χ3v) is 4.41. The number of esters is 1. The van der Waals surface area contributed by atoms with E-state index in [9.17, 15) is 14.4 Å². The molecule has 0 aliphatic heterocycles. The maximum Gasteiger partial charge on any atom is 0.340 e. The van der Waals surface area contributed by atoms with Crippen molar-refractivity contribution in [1.29, 1.82) is 0 Å². The van der Waals surface area contributed by atoms with E-state index in [1.54, 1.807) is 24.3 Å². The zero-order chi connectivity index (χ0) is 19.4. The number of hydrogen-bond acceptors (Lipinski definition) is 4. The Morgan fingerprint density at radius 1 is 1.04 bits per heavy atom. The van der Waals surface area contributed by atoms with Crippen LogP contribution in [-0.2, 0) is 9.53 Å². The molecule has 140 valence electrons. The number of para-hydroxylation sites is 1. The summed E-state index contributed by atoms with van der Waals surface area (Å²) < 4.78 is 4.98. The summed E-state index contributed by atoms with van der Waals surface area (Å²) in [5.41, 5.74) is 0.764. The summed E-state index contributed by atoms with van der Waals surface area (Å²) in [5, 5.41) is 5.94. The van der Waals surface area contributed by atoms with Crippen LogP contribution in [0.15, 0.2) is 42.5 Å². The zero-order valence-corrected chi connectivity index (χ0v) is 15.6. The van der Waals surface area contributed by atoms with Gasteiger partial charge in [0.25, 0.3) is 11.8 Å². The molecule has 0 radical (unpaired) electrons. The third kappa shape index (κ3) is 5.21. The molecular weight excluding hydrogens is 391 g/mol. The Hall–Kier alpha value is -2.57. The lowest BCUT2D eigenvalue weighted by molar-refractivity contribution is -0.119. The maximum absolute atomic E-state index is 12.2. The van der Waals surface area contributed by atoms with Gasteiger partial charge in [-0.25, -0.2) is 4.79 Å². The highest BCUT2D eigenvalue weighted by molar-refractivity contribution is 6.35. The first-order valence-corrected chi connectivity index (χ1v) is 9.01. The average Bonchev–Trinajstić information content (AvgIpc) is 3.46. The van der Waals surface area contributed by atoms with E-state index in [4.69, 9.17) is 27.9 Å². The Balaban J connectivity index is 1.60. The fourth-order valence-corrected chi connectivity index (χ4v) is 2.70. The Labute approximate surface area is 165 Å². The molecule has 0 saturated heterocycles. The van der Waals surface area contributed by atoms with Crippen molar-refractivity contribution < 1.29 is 19.1 Å². The fourth-order valence-electron chi connectivity index (χ4n) is 2.33. The van der Waals surface area contributed by atoms with Gasteiger partial charge in [-0.1, -0.05) is 35.3 Å². The molecule has 0 atom stereocenters. The molecule has 1 fully saturated rings. The molecule has 6 nitrogen and oxygen atoms in total. The van der Waals surface area contributed by atoms with Crippen LogP contribution >= 0.6 is 23.2 Å². The van der Waals surface area contributed by atoms with E-state index in [0.717, 1.165) is 12.8 Å². The minimum absolute atomic E-state index is 0.0705. The molecule has 0 bridgehead atoms. The Bertz CT molecular complexity index is 897. The largest absolute Gasteiger partial charge is 0.452 e. The lowest BCUT2D eigenvalue weighted by Gasteiger charge is -2.11. The summed E-state index contributed by atoms with van der Waals surface area (Å²) in [4.78, 5) is 36.4. The normalized spacial score (nSPS) is 13.0. The minimum Gasteiger partial charge on any atom is -0.452 e. The van der Waals surface area contributed by atoms with Crippen molar-refractivity contribution >= 4 is 46.7 Å². The van der Waals surface area contributed by atoms with E-state index in [-0.39, 0.29) is 22.5 Å². The zero-order valence-electron chi connectivity index (χ0n) is 14.1. The van der Waals surface area contributed by atoms with Crippen LogP contribution in [-0.4, -0.2) is 30.4 Å². The standard InChI is InChI=1S/C19H16Cl2N2O4/c20-11-5-8-15(21)14(9-11)19(26)27-10-17(24)23-16-4-2-1-3-13(16)18(25)22-12-6-7-12/h1-5,8-9,12H,6-7,10H2,(H,22,25)(H,23,24). The van der Waals surface area contributed by atoms with Gasteiger partial charge in [0, 0.05) is 11.1 Å². The summed E-state index contributed by atoms with van der Waals surface area (Å²) in [6.07, 6.45) is 1.92. The van der Waals surface area contributed by atoms with E-state index in [1.807, 2.05) is 0 Å². The predicted molar refractivity (Wildman–Crippen MR) is 102 cm³/mol. The number of carbonyl (C=O) groups excluding carboxylic acids is 3. The lowest BCUT2D eigenvalue weighted by Crippen LogP contribution is -2.28. The Kier molecular flexibility index (Phi) is 5.98. The number of amides is 2. The number of hydrogen-bond donors (Lipinski definition) is 2. The first-order chi connectivity index (χ1) is 12.9. The van der Waals surface area contributed by atoms with Crippen molar-refractivity contribution in [2.45, 2.75) is 18.9 Å². The molecule has 2 N–H and O–H groups in total. The molecule has 3 rings (SSSR count). The van der Waals surface area contributed by atoms with Gasteiger partial charge >= 0.3 is 5.97 Å². The van der Waals surface area contributed by atoms with E-state index in [1.165, 1.54) is 18.2 Å². The van der Waals surface area contributed by atoms with E-state index < -0.39 is 18.5 Å². The molecular formula is C19H16Cl2N2O4. The molecule has 0 aromatic heterocycles. The van der Waals surface area contributed by atoms with Gasteiger partial charge in [-0.2, -0.15) is 0 Å².